The van der Waals surface area contributed by atoms with Gasteiger partial charge in [-0.05, 0) is 85.5 Å². The Morgan fingerprint density at radius 1 is 1.12 bits per heavy atom. The minimum absolute atomic E-state index is 0.191. The summed E-state index contributed by atoms with van der Waals surface area (Å²) >= 11 is 0. The van der Waals surface area contributed by atoms with Gasteiger partial charge in [-0.15, -0.1) is 6.58 Å². The molecule has 9 heteroatoms. The van der Waals surface area contributed by atoms with E-state index >= 15 is 0 Å². The molecule has 0 fully saturated rings. The summed E-state index contributed by atoms with van der Waals surface area (Å²) in [6.45, 7) is 13.7. The molecule has 3 heterocycles. The Balaban J connectivity index is 1.34. The first-order valence-corrected chi connectivity index (χ1v) is 15.2. The predicted octanol–water partition coefficient (Wildman–Crippen LogP) is 5.25. The quantitative estimate of drug-likeness (QED) is 0.259. The summed E-state index contributed by atoms with van der Waals surface area (Å²) < 4.78 is 0. The molecule has 3 aromatic rings. The van der Waals surface area contributed by atoms with E-state index in [9.17, 15) is 9.90 Å². The third-order valence-electron chi connectivity index (χ3n) is 9.25. The van der Waals surface area contributed by atoms with E-state index in [2.05, 4.69) is 58.4 Å². The molecule has 3 aliphatic rings. The van der Waals surface area contributed by atoms with Gasteiger partial charge in [-0.1, -0.05) is 32.9 Å². The Morgan fingerprint density at radius 3 is 2.74 bits per heavy atom. The van der Waals surface area contributed by atoms with Crippen molar-refractivity contribution in [1.29, 1.82) is 0 Å². The number of aromatic nitrogens is 3. The van der Waals surface area contributed by atoms with Crippen LogP contribution < -0.4 is 16.0 Å². The third kappa shape index (κ3) is 5.16. The van der Waals surface area contributed by atoms with Gasteiger partial charge >= 0.3 is 0 Å². The van der Waals surface area contributed by atoms with Crippen LogP contribution in [0.1, 0.15) is 84.8 Å². The van der Waals surface area contributed by atoms with Gasteiger partial charge in [0.1, 0.15) is 22.8 Å². The van der Waals surface area contributed by atoms with Gasteiger partial charge in [-0.2, -0.15) is 4.98 Å². The molecule has 2 unspecified atom stereocenters. The highest BCUT2D eigenvalue weighted by Crippen LogP contribution is 2.45. The van der Waals surface area contributed by atoms with Crippen LogP contribution in [0.4, 0.5) is 23.3 Å². The van der Waals surface area contributed by atoms with E-state index in [1.807, 2.05) is 19.1 Å². The van der Waals surface area contributed by atoms with E-state index in [-0.39, 0.29) is 11.3 Å². The van der Waals surface area contributed by atoms with E-state index < -0.39 is 5.60 Å². The summed E-state index contributed by atoms with van der Waals surface area (Å²) in [5, 5.41) is 20.6. The second-order valence-corrected chi connectivity index (χ2v) is 12.2. The molecule has 0 saturated carbocycles. The lowest BCUT2D eigenvalue weighted by Crippen LogP contribution is -2.45. The SMILES string of the molecule is C=CCNC(=O)c1cnc(Nc2cc3c4c(c2)CN(CC)CC4(C)CCC3)nc1Nc1ccc2c(n1)C(O)(CC)CC2. The molecular formula is C33H41N7O2. The zero-order valence-corrected chi connectivity index (χ0v) is 24.9. The smallest absolute Gasteiger partial charge is 0.256 e. The lowest BCUT2D eigenvalue weighted by atomic mass is 9.67. The fourth-order valence-corrected chi connectivity index (χ4v) is 7.08. The van der Waals surface area contributed by atoms with Crippen molar-refractivity contribution >= 4 is 29.2 Å². The molecule has 0 bridgehead atoms. The molecule has 42 heavy (non-hydrogen) atoms. The summed E-state index contributed by atoms with van der Waals surface area (Å²) in [5.74, 6) is 0.927. The van der Waals surface area contributed by atoms with Gasteiger partial charge in [-0.25, -0.2) is 9.97 Å². The van der Waals surface area contributed by atoms with Crippen LogP contribution in [0, 0.1) is 0 Å². The van der Waals surface area contributed by atoms with Crippen molar-refractivity contribution in [3.05, 3.63) is 76.6 Å². The number of aryl methyl sites for hydroxylation is 2. The van der Waals surface area contributed by atoms with Crippen LogP contribution in [0.3, 0.4) is 0 Å². The van der Waals surface area contributed by atoms with Crippen LogP contribution in [0.5, 0.6) is 0 Å². The number of hydrogen-bond acceptors (Lipinski definition) is 8. The van der Waals surface area contributed by atoms with Gasteiger partial charge in [0.05, 0.1) is 5.69 Å². The Bertz CT molecular complexity index is 1540. The fraction of sp³-hybridized carbons (Fsp3) is 0.455. The van der Waals surface area contributed by atoms with Gasteiger partial charge in [0.2, 0.25) is 5.95 Å². The molecule has 2 aromatic heterocycles. The first-order chi connectivity index (χ1) is 20.2. The number of fused-ring (bicyclic) bond motifs is 1. The van der Waals surface area contributed by atoms with Crippen LogP contribution in [0.15, 0.2) is 43.1 Å². The first kappa shape index (κ1) is 28.3. The van der Waals surface area contributed by atoms with Gasteiger partial charge in [0, 0.05) is 36.9 Å². The number of nitrogens with one attached hydrogen (secondary N) is 3. The molecule has 0 spiro atoms. The van der Waals surface area contributed by atoms with Crippen LogP contribution in [-0.4, -0.2) is 50.5 Å². The van der Waals surface area contributed by atoms with Crippen LogP contribution in [0.25, 0.3) is 0 Å². The highest BCUT2D eigenvalue weighted by Gasteiger charge is 2.39. The molecule has 4 N–H and O–H groups in total. The van der Waals surface area contributed by atoms with E-state index in [1.54, 1.807) is 6.08 Å². The highest BCUT2D eigenvalue weighted by molar-refractivity contribution is 5.99. The second-order valence-electron chi connectivity index (χ2n) is 12.2. The Kier molecular flexibility index (Phi) is 7.49. The summed E-state index contributed by atoms with van der Waals surface area (Å²) in [5.41, 5.74) is 6.54. The van der Waals surface area contributed by atoms with Gasteiger partial charge in [0.25, 0.3) is 5.91 Å². The van der Waals surface area contributed by atoms with Crippen molar-refractivity contribution < 1.29 is 9.90 Å². The molecule has 2 atom stereocenters. The maximum atomic E-state index is 13.0. The summed E-state index contributed by atoms with van der Waals surface area (Å²) in [7, 11) is 0. The maximum absolute atomic E-state index is 13.0. The Labute approximate surface area is 247 Å². The maximum Gasteiger partial charge on any atom is 0.256 e. The van der Waals surface area contributed by atoms with E-state index in [4.69, 9.17) is 9.97 Å². The number of likely N-dealkylation sites (N-methyl/N-ethyl adjacent to an activating group) is 1. The number of amides is 1. The minimum atomic E-state index is -0.939. The van der Waals surface area contributed by atoms with E-state index in [0.29, 0.717) is 48.2 Å². The molecule has 1 aliphatic heterocycles. The van der Waals surface area contributed by atoms with Gasteiger partial charge < -0.3 is 21.1 Å². The number of nitrogens with zero attached hydrogens (tertiary/aromatic N) is 4. The molecule has 1 amide bonds. The predicted molar refractivity (Wildman–Crippen MR) is 166 cm³/mol. The molecule has 220 valence electrons. The molecular weight excluding hydrogens is 526 g/mol. The molecule has 6 rings (SSSR count). The third-order valence-corrected chi connectivity index (χ3v) is 9.25. The Morgan fingerprint density at radius 2 is 1.95 bits per heavy atom. The standard InChI is InChI=1S/C33H41N7O2/c1-5-15-34-30(41)25-18-35-31(39-29(25)38-26-11-10-21-12-14-33(42,6-2)28(21)37-26)36-24-16-22-9-8-13-32(4)20-40(7-3)19-23(17-24)27(22)32/h5,10-11,16-18,42H,1,6-9,12-15,19-20H2,2-4H3,(H,34,41)(H2,35,36,37,38,39). The van der Waals surface area contributed by atoms with Gasteiger partial charge in [-0.3, -0.25) is 9.69 Å². The van der Waals surface area contributed by atoms with Crippen molar-refractivity contribution in [2.45, 2.75) is 76.9 Å². The van der Waals surface area contributed by atoms with E-state index in [0.717, 1.165) is 43.7 Å². The fourth-order valence-electron chi connectivity index (χ4n) is 7.08. The molecule has 0 saturated heterocycles. The van der Waals surface area contributed by atoms with Crippen molar-refractivity contribution in [3.63, 3.8) is 0 Å². The monoisotopic (exact) mass is 567 g/mol. The minimum Gasteiger partial charge on any atom is -0.384 e. The average molecular weight is 568 g/mol. The zero-order valence-electron chi connectivity index (χ0n) is 24.9. The average Bonchev–Trinajstić information content (AvgIpc) is 3.31. The van der Waals surface area contributed by atoms with Crippen LogP contribution in [-0.2, 0) is 30.4 Å². The number of benzene rings is 1. The van der Waals surface area contributed by atoms with Gasteiger partial charge in [0.15, 0.2) is 0 Å². The Hall–Kier alpha value is -3.82. The summed E-state index contributed by atoms with van der Waals surface area (Å²) in [6, 6.07) is 8.33. The molecule has 9 nitrogen and oxygen atoms in total. The largest absolute Gasteiger partial charge is 0.384 e. The number of anilines is 4. The molecule has 0 radical (unpaired) electrons. The first-order valence-electron chi connectivity index (χ1n) is 15.2. The second kappa shape index (κ2) is 11.1. The van der Waals surface area contributed by atoms with Crippen molar-refractivity contribution in [1.82, 2.24) is 25.2 Å². The number of carbonyl (C=O) groups is 1. The number of aliphatic hydroxyl groups is 1. The van der Waals surface area contributed by atoms with Crippen molar-refractivity contribution in [2.75, 3.05) is 30.3 Å². The lowest BCUT2D eigenvalue weighted by molar-refractivity contribution is 0.0307. The number of hydrogen-bond donors (Lipinski definition) is 4. The summed E-state index contributed by atoms with van der Waals surface area (Å²) in [6.07, 6.45) is 8.67. The van der Waals surface area contributed by atoms with Crippen LogP contribution in [0.2, 0.25) is 0 Å². The molecule has 2 aliphatic carbocycles. The van der Waals surface area contributed by atoms with Crippen LogP contribution >= 0.6 is 0 Å². The van der Waals surface area contributed by atoms with Crippen molar-refractivity contribution in [3.8, 4) is 0 Å². The topological polar surface area (TPSA) is 115 Å². The highest BCUT2D eigenvalue weighted by atomic mass is 16.3. The molecule has 1 aromatic carbocycles. The number of carbonyl (C=O) groups excluding carboxylic acids is 1. The number of pyridine rings is 1. The summed E-state index contributed by atoms with van der Waals surface area (Å²) in [4.78, 5) is 29.6. The van der Waals surface area contributed by atoms with E-state index in [1.165, 1.54) is 35.7 Å². The zero-order chi connectivity index (χ0) is 29.5. The van der Waals surface area contributed by atoms with Crippen molar-refractivity contribution in [2.24, 2.45) is 0 Å². The number of rotatable bonds is 9. The lowest BCUT2D eigenvalue weighted by Gasteiger charge is -2.46. The normalized spacial score (nSPS) is 22.7.